The van der Waals surface area contributed by atoms with Gasteiger partial charge in [0.1, 0.15) is 4.88 Å². The van der Waals surface area contributed by atoms with Crippen molar-refractivity contribution < 1.29 is 19.5 Å². The fourth-order valence-electron chi connectivity index (χ4n) is 3.21. The Labute approximate surface area is 187 Å². The summed E-state index contributed by atoms with van der Waals surface area (Å²) in [4.78, 5) is 41.3. The van der Waals surface area contributed by atoms with E-state index in [1.807, 2.05) is 0 Å². The van der Waals surface area contributed by atoms with Crippen LogP contribution in [0.4, 0.5) is 11.4 Å². The van der Waals surface area contributed by atoms with Gasteiger partial charge in [0.2, 0.25) is 0 Å². The highest BCUT2D eigenvalue weighted by atomic mass is 32.1. The molecule has 0 saturated carbocycles. The van der Waals surface area contributed by atoms with Gasteiger partial charge < -0.3 is 15.7 Å². The second-order valence-electron chi connectivity index (χ2n) is 6.75. The third-order valence-electron chi connectivity index (χ3n) is 4.65. The van der Waals surface area contributed by atoms with E-state index >= 15 is 0 Å². The lowest BCUT2D eigenvalue weighted by Gasteiger charge is -2.13. The predicted octanol–water partition coefficient (Wildman–Crippen LogP) is 5.01. The molecule has 0 saturated heterocycles. The first-order chi connectivity index (χ1) is 15.5. The Kier molecular flexibility index (Phi) is 6.05. The molecule has 0 aliphatic rings. The number of hydrogen-bond acceptors (Lipinski definition) is 5. The van der Waals surface area contributed by atoms with Crippen LogP contribution in [0.2, 0.25) is 0 Å². The van der Waals surface area contributed by atoms with Crippen LogP contribution in [0.15, 0.2) is 84.5 Å². The zero-order valence-electron chi connectivity index (χ0n) is 16.6. The average Bonchev–Trinajstić information content (AvgIpc) is 3.34. The number of benzene rings is 3. The van der Waals surface area contributed by atoms with Crippen LogP contribution < -0.4 is 10.6 Å². The number of anilines is 2. The largest absolute Gasteiger partial charge is 0.478 e. The lowest BCUT2D eigenvalue weighted by Crippen LogP contribution is -2.14. The molecule has 0 unspecified atom stereocenters. The number of nitrogens with one attached hydrogen (secondary N) is 2. The van der Waals surface area contributed by atoms with Crippen LogP contribution in [0.25, 0.3) is 11.1 Å². The SMILES string of the molecule is O=C(Nc1cccc(NC(=O)c2ccccc2-c2ccccc2C(=O)O)c1)c1cncs1. The van der Waals surface area contributed by atoms with E-state index in [0.717, 1.165) is 0 Å². The highest BCUT2D eigenvalue weighted by Crippen LogP contribution is 2.28. The summed E-state index contributed by atoms with van der Waals surface area (Å²) in [5, 5.41) is 15.1. The van der Waals surface area contributed by atoms with E-state index in [-0.39, 0.29) is 11.5 Å². The second kappa shape index (κ2) is 9.23. The number of thiazole rings is 1. The van der Waals surface area contributed by atoms with Gasteiger partial charge in [0, 0.05) is 16.9 Å². The maximum absolute atomic E-state index is 13.1. The van der Waals surface area contributed by atoms with Crippen molar-refractivity contribution in [1.82, 2.24) is 4.98 Å². The molecule has 2 amide bonds. The summed E-state index contributed by atoms with van der Waals surface area (Å²) in [6, 6.07) is 20.1. The Bertz CT molecular complexity index is 1300. The molecule has 0 aliphatic carbocycles. The molecular formula is C24H17N3O4S. The van der Waals surface area contributed by atoms with Crippen LogP contribution in [0, 0.1) is 0 Å². The standard InChI is InChI=1S/C24H17N3O4S/c28-22(19-10-3-1-8-17(19)18-9-2-4-11-20(18)24(30)31)26-15-6-5-7-16(12-15)27-23(29)21-13-25-14-32-21/h1-14H,(H,26,28)(H,27,29)(H,30,31). The van der Waals surface area contributed by atoms with E-state index in [2.05, 4.69) is 15.6 Å². The minimum Gasteiger partial charge on any atom is -0.478 e. The quantitative estimate of drug-likeness (QED) is 0.388. The highest BCUT2D eigenvalue weighted by molar-refractivity contribution is 7.11. The van der Waals surface area contributed by atoms with E-state index in [0.29, 0.717) is 32.9 Å². The maximum Gasteiger partial charge on any atom is 0.336 e. The molecule has 3 N–H and O–H groups in total. The number of carbonyl (C=O) groups is 3. The van der Waals surface area contributed by atoms with E-state index in [4.69, 9.17) is 0 Å². The van der Waals surface area contributed by atoms with E-state index in [9.17, 15) is 19.5 Å². The fraction of sp³-hybridized carbons (Fsp3) is 0. The first-order valence-electron chi connectivity index (χ1n) is 9.56. The number of aromatic carboxylic acids is 1. The van der Waals surface area contributed by atoms with Crippen LogP contribution >= 0.6 is 11.3 Å². The van der Waals surface area contributed by atoms with Gasteiger partial charge in [-0.3, -0.25) is 14.6 Å². The Morgan fingerprint density at radius 2 is 1.34 bits per heavy atom. The van der Waals surface area contributed by atoms with Crippen molar-refractivity contribution >= 4 is 40.5 Å². The molecule has 7 nitrogen and oxygen atoms in total. The smallest absolute Gasteiger partial charge is 0.336 e. The molecule has 0 fully saturated rings. The Hall–Kier alpha value is -4.30. The summed E-state index contributed by atoms with van der Waals surface area (Å²) in [5.41, 5.74) is 3.99. The number of nitrogens with zero attached hydrogens (tertiary/aromatic N) is 1. The van der Waals surface area contributed by atoms with Gasteiger partial charge in [-0.25, -0.2) is 4.79 Å². The average molecular weight is 443 g/mol. The van der Waals surface area contributed by atoms with Crippen LogP contribution in [0.3, 0.4) is 0 Å². The summed E-state index contributed by atoms with van der Waals surface area (Å²) in [6.45, 7) is 0. The number of carbonyl (C=O) groups excluding carboxylic acids is 2. The molecule has 1 heterocycles. The number of hydrogen-bond donors (Lipinski definition) is 3. The summed E-state index contributed by atoms with van der Waals surface area (Å²) in [7, 11) is 0. The van der Waals surface area contributed by atoms with Crippen molar-refractivity contribution in [3.05, 3.63) is 101 Å². The van der Waals surface area contributed by atoms with E-state index in [1.54, 1.807) is 72.2 Å². The summed E-state index contributed by atoms with van der Waals surface area (Å²) < 4.78 is 0. The number of carboxylic acid groups (broad SMARTS) is 1. The molecule has 1 aromatic heterocycles. The van der Waals surface area contributed by atoms with E-state index in [1.165, 1.54) is 23.6 Å². The number of rotatable bonds is 6. The first kappa shape index (κ1) is 21.0. The van der Waals surface area contributed by atoms with Gasteiger partial charge >= 0.3 is 5.97 Å². The number of amides is 2. The zero-order valence-corrected chi connectivity index (χ0v) is 17.4. The molecule has 158 valence electrons. The molecule has 32 heavy (non-hydrogen) atoms. The molecule has 0 atom stereocenters. The van der Waals surface area contributed by atoms with Gasteiger partial charge in [0.05, 0.1) is 17.3 Å². The summed E-state index contributed by atoms with van der Waals surface area (Å²) in [5.74, 6) is -1.75. The van der Waals surface area contributed by atoms with Crippen molar-refractivity contribution in [2.45, 2.75) is 0 Å². The first-order valence-corrected chi connectivity index (χ1v) is 10.4. The Morgan fingerprint density at radius 1 is 0.750 bits per heavy atom. The highest BCUT2D eigenvalue weighted by Gasteiger charge is 2.18. The lowest BCUT2D eigenvalue weighted by molar-refractivity contribution is 0.0697. The summed E-state index contributed by atoms with van der Waals surface area (Å²) in [6.07, 6.45) is 1.48. The zero-order chi connectivity index (χ0) is 22.5. The fourth-order valence-corrected chi connectivity index (χ4v) is 3.73. The van der Waals surface area contributed by atoms with Crippen molar-refractivity contribution in [1.29, 1.82) is 0 Å². The minimum absolute atomic E-state index is 0.112. The van der Waals surface area contributed by atoms with Crippen LogP contribution in [0.5, 0.6) is 0 Å². The molecule has 0 aliphatic heterocycles. The van der Waals surface area contributed by atoms with Gasteiger partial charge in [-0.2, -0.15) is 0 Å². The van der Waals surface area contributed by atoms with Gasteiger partial charge in [-0.15, -0.1) is 11.3 Å². The Balaban J connectivity index is 1.58. The van der Waals surface area contributed by atoms with Gasteiger partial charge in [-0.05, 0) is 41.5 Å². The molecule has 0 radical (unpaired) electrons. The number of aromatic nitrogens is 1. The molecule has 0 bridgehead atoms. The van der Waals surface area contributed by atoms with Crippen molar-refractivity contribution in [3.63, 3.8) is 0 Å². The van der Waals surface area contributed by atoms with Crippen LogP contribution in [0.1, 0.15) is 30.4 Å². The molecule has 4 aromatic rings. The third-order valence-corrected chi connectivity index (χ3v) is 5.43. The topological polar surface area (TPSA) is 108 Å². The Morgan fingerprint density at radius 3 is 1.97 bits per heavy atom. The predicted molar refractivity (Wildman–Crippen MR) is 123 cm³/mol. The number of carboxylic acids is 1. The van der Waals surface area contributed by atoms with Crippen molar-refractivity contribution in [2.75, 3.05) is 10.6 Å². The van der Waals surface area contributed by atoms with Crippen LogP contribution in [-0.2, 0) is 0 Å². The van der Waals surface area contributed by atoms with Gasteiger partial charge in [-0.1, -0.05) is 42.5 Å². The van der Waals surface area contributed by atoms with Crippen molar-refractivity contribution in [2.24, 2.45) is 0 Å². The molecule has 3 aromatic carbocycles. The third kappa shape index (κ3) is 4.55. The molecule has 0 spiro atoms. The molecule has 4 rings (SSSR count). The monoisotopic (exact) mass is 443 g/mol. The van der Waals surface area contributed by atoms with Crippen LogP contribution in [-0.4, -0.2) is 27.9 Å². The maximum atomic E-state index is 13.1. The minimum atomic E-state index is -1.07. The molecular weight excluding hydrogens is 426 g/mol. The molecule has 8 heteroatoms. The van der Waals surface area contributed by atoms with Crippen molar-refractivity contribution in [3.8, 4) is 11.1 Å². The van der Waals surface area contributed by atoms with Gasteiger partial charge in [0.25, 0.3) is 11.8 Å². The van der Waals surface area contributed by atoms with Gasteiger partial charge in [0.15, 0.2) is 0 Å². The lowest BCUT2D eigenvalue weighted by atomic mass is 9.95. The second-order valence-corrected chi connectivity index (χ2v) is 7.64. The normalized spacial score (nSPS) is 10.4. The summed E-state index contributed by atoms with van der Waals surface area (Å²) >= 11 is 1.23. The van der Waals surface area contributed by atoms with E-state index < -0.39 is 11.9 Å².